The molecule has 2 rings (SSSR count). The fourth-order valence-corrected chi connectivity index (χ4v) is 4.77. The van der Waals surface area contributed by atoms with Gasteiger partial charge in [-0.3, -0.25) is 0 Å². The second-order valence-corrected chi connectivity index (χ2v) is 9.56. The number of anilines is 1. The summed E-state index contributed by atoms with van der Waals surface area (Å²) in [5.74, 6) is -0.318. The van der Waals surface area contributed by atoms with E-state index in [4.69, 9.17) is 5.73 Å². The van der Waals surface area contributed by atoms with Crippen molar-refractivity contribution in [1.82, 2.24) is 9.97 Å². The number of nitrogens with zero attached hydrogens (tertiary/aromatic N) is 1. The van der Waals surface area contributed by atoms with Crippen molar-refractivity contribution in [2.75, 3.05) is 29.2 Å². The first-order valence-corrected chi connectivity index (χ1v) is 10.2. The van der Waals surface area contributed by atoms with Crippen molar-refractivity contribution >= 4 is 36.4 Å². The van der Waals surface area contributed by atoms with E-state index in [1.54, 1.807) is 18.2 Å². The third-order valence-electron chi connectivity index (χ3n) is 2.97. The Morgan fingerprint density at radius 3 is 2.52 bits per heavy atom. The van der Waals surface area contributed by atoms with Gasteiger partial charge < -0.3 is 10.7 Å². The molecule has 0 saturated heterocycles. The van der Waals surface area contributed by atoms with Crippen LogP contribution in [0.3, 0.4) is 0 Å². The molecule has 7 nitrogen and oxygen atoms in total. The highest BCUT2D eigenvalue weighted by Gasteiger charge is 2.16. The van der Waals surface area contributed by atoms with Crippen LogP contribution in [0.1, 0.15) is 5.82 Å². The number of hydrogen-bond donors (Lipinski definition) is 2. The monoisotopic (exact) mass is 331 g/mol. The van der Waals surface area contributed by atoms with E-state index < -0.39 is 19.7 Å². The molecule has 0 spiro atoms. The maximum atomic E-state index is 11.8. The average molecular weight is 331 g/mol. The van der Waals surface area contributed by atoms with Crippen molar-refractivity contribution in [3.63, 3.8) is 0 Å². The van der Waals surface area contributed by atoms with E-state index in [-0.39, 0.29) is 23.7 Å². The third-order valence-corrected chi connectivity index (χ3v) is 5.83. The van der Waals surface area contributed by atoms with E-state index in [9.17, 15) is 16.8 Å². The van der Waals surface area contributed by atoms with Gasteiger partial charge in [0.15, 0.2) is 9.84 Å². The summed E-state index contributed by atoms with van der Waals surface area (Å²) in [6, 6.07) is 5.20. The highest BCUT2D eigenvalue weighted by molar-refractivity contribution is 7.94. The number of hydrogen-bond acceptors (Lipinski definition) is 6. The molecule has 1 aromatic heterocycles. The van der Waals surface area contributed by atoms with Gasteiger partial charge in [-0.2, -0.15) is 0 Å². The van der Waals surface area contributed by atoms with Gasteiger partial charge in [-0.1, -0.05) is 0 Å². The number of imidazole rings is 1. The minimum atomic E-state index is -3.42. The molecule has 0 saturated carbocycles. The molecule has 1 aromatic carbocycles. The summed E-state index contributed by atoms with van der Waals surface area (Å²) in [6.07, 6.45) is 1.23. The first kappa shape index (κ1) is 15.8. The Labute approximate surface area is 123 Å². The molecule has 9 heteroatoms. The van der Waals surface area contributed by atoms with Crippen LogP contribution < -0.4 is 5.73 Å². The van der Waals surface area contributed by atoms with Gasteiger partial charge in [-0.05, 0) is 18.2 Å². The van der Waals surface area contributed by atoms with Crippen LogP contribution in [-0.2, 0) is 26.1 Å². The van der Waals surface area contributed by atoms with Gasteiger partial charge in [-0.25, -0.2) is 21.8 Å². The minimum absolute atomic E-state index is 0.141. The van der Waals surface area contributed by atoms with Crippen LogP contribution in [0.25, 0.3) is 11.0 Å². The first-order valence-electron chi connectivity index (χ1n) is 6.27. The Kier molecular flexibility index (Phi) is 4.24. The van der Waals surface area contributed by atoms with Crippen LogP contribution in [-0.4, -0.2) is 50.3 Å². The zero-order valence-electron chi connectivity index (χ0n) is 11.5. The molecule has 0 radical (unpaired) electrons. The highest BCUT2D eigenvalue weighted by Crippen LogP contribution is 2.15. The van der Waals surface area contributed by atoms with Gasteiger partial charge >= 0.3 is 0 Å². The van der Waals surface area contributed by atoms with Crippen molar-refractivity contribution in [1.29, 1.82) is 0 Å². The second kappa shape index (κ2) is 5.64. The predicted molar refractivity (Wildman–Crippen MR) is 82.6 cm³/mol. The molecule has 0 bridgehead atoms. The normalized spacial score (nSPS) is 12.8. The van der Waals surface area contributed by atoms with Crippen LogP contribution in [0.2, 0.25) is 0 Å². The molecular formula is C12H17N3O4S2. The lowest BCUT2D eigenvalue weighted by Crippen LogP contribution is -2.20. The Morgan fingerprint density at radius 2 is 1.86 bits per heavy atom. The zero-order chi connectivity index (χ0) is 15.7. The number of fused-ring (bicyclic) bond motifs is 1. The molecule has 0 fully saturated rings. The van der Waals surface area contributed by atoms with E-state index in [0.717, 1.165) is 11.8 Å². The molecule has 0 amide bonds. The van der Waals surface area contributed by atoms with E-state index in [2.05, 4.69) is 9.97 Å². The fraction of sp³-hybridized carbons (Fsp3) is 0.417. The van der Waals surface area contributed by atoms with Crippen molar-refractivity contribution in [2.24, 2.45) is 0 Å². The van der Waals surface area contributed by atoms with Crippen LogP contribution in [0.15, 0.2) is 18.2 Å². The number of rotatable bonds is 6. The smallest absolute Gasteiger partial charge is 0.151 e. The summed E-state index contributed by atoms with van der Waals surface area (Å²) in [4.78, 5) is 7.28. The lowest BCUT2D eigenvalue weighted by Gasteiger charge is -2.02. The van der Waals surface area contributed by atoms with Crippen LogP contribution >= 0.6 is 0 Å². The minimum Gasteiger partial charge on any atom is -0.399 e. The Balaban J connectivity index is 2.04. The summed E-state index contributed by atoms with van der Waals surface area (Å²) in [6.45, 7) is 0. The number of sulfone groups is 2. The SMILES string of the molecule is CS(=O)(=O)CCS(=O)(=O)CCc1nc2ccc(N)cc2[nH]1. The highest BCUT2D eigenvalue weighted by atomic mass is 32.2. The lowest BCUT2D eigenvalue weighted by molar-refractivity contribution is 0.589. The molecule has 0 aliphatic rings. The molecule has 21 heavy (non-hydrogen) atoms. The predicted octanol–water partition coefficient (Wildman–Crippen LogP) is 0.147. The quantitative estimate of drug-likeness (QED) is 0.726. The summed E-state index contributed by atoms with van der Waals surface area (Å²) >= 11 is 0. The van der Waals surface area contributed by atoms with Crippen molar-refractivity contribution < 1.29 is 16.8 Å². The zero-order valence-corrected chi connectivity index (χ0v) is 13.2. The Hall–Kier alpha value is -1.61. The van der Waals surface area contributed by atoms with Gasteiger partial charge in [0.2, 0.25) is 0 Å². The van der Waals surface area contributed by atoms with E-state index >= 15 is 0 Å². The Bertz CT molecular complexity index is 854. The Morgan fingerprint density at radius 1 is 1.14 bits per heavy atom. The van der Waals surface area contributed by atoms with Gasteiger partial charge in [-0.15, -0.1) is 0 Å². The number of H-pyrrole nitrogens is 1. The number of aryl methyl sites for hydroxylation is 1. The fourth-order valence-electron chi connectivity index (χ4n) is 1.83. The lowest BCUT2D eigenvalue weighted by atomic mass is 10.3. The molecule has 0 aliphatic carbocycles. The maximum Gasteiger partial charge on any atom is 0.151 e. The topological polar surface area (TPSA) is 123 Å². The maximum absolute atomic E-state index is 11.8. The third kappa shape index (κ3) is 4.71. The van der Waals surface area contributed by atoms with Crippen molar-refractivity contribution in [2.45, 2.75) is 6.42 Å². The summed E-state index contributed by atoms with van der Waals surface area (Å²) < 4.78 is 45.6. The molecule has 116 valence electrons. The van der Waals surface area contributed by atoms with Gasteiger partial charge in [0.05, 0.1) is 28.3 Å². The van der Waals surface area contributed by atoms with E-state index in [1.165, 1.54) is 0 Å². The first-order chi connectivity index (χ1) is 9.65. The summed E-state index contributed by atoms with van der Waals surface area (Å²) in [5.41, 5.74) is 7.72. The number of aromatic nitrogens is 2. The van der Waals surface area contributed by atoms with Crippen molar-refractivity contribution in [3.05, 3.63) is 24.0 Å². The molecule has 3 N–H and O–H groups in total. The molecule has 2 aromatic rings. The number of aromatic amines is 1. The summed E-state index contributed by atoms with van der Waals surface area (Å²) in [5, 5.41) is 0. The van der Waals surface area contributed by atoms with Crippen LogP contribution in [0.4, 0.5) is 5.69 Å². The largest absolute Gasteiger partial charge is 0.399 e. The molecule has 0 unspecified atom stereocenters. The number of nitrogen functional groups attached to an aromatic ring is 1. The van der Waals surface area contributed by atoms with Crippen molar-refractivity contribution in [3.8, 4) is 0 Å². The van der Waals surface area contributed by atoms with Gasteiger partial charge in [0, 0.05) is 18.4 Å². The standard InChI is InChI=1S/C12H17N3O4S2/c1-20(16,17)6-7-21(18,19)5-4-12-14-10-3-2-9(13)8-11(10)15-12/h2-3,8H,4-7,13H2,1H3,(H,14,15). The molecule has 0 atom stereocenters. The molecule has 0 aliphatic heterocycles. The van der Waals surface area contributed by atoms with E-state index in [1.807, 2.05) is 0 Å². The van der Waals surface area contributed by atoms with Gasteiger partial charge in [0.25, 0.3) is 0 Å². The van der Waals surface area contributed by atoms with E-state index in [0.29, 0.717) is 17.0 Å². The molecule has 1 heterocycles. The summed E-state index contributed by atoms with van der Waals surface area (Å²) in [7, 11) is -6.70. The second-order valence-electron chi connectivity index (χ2n) is 4.99. The number of nitrogens with one attached hydrogen (secondary N) is 1. The number of benzene rings is 1. The number of nitrogens with two attached hydrogens (primary N) is 1. The average Bonchev–Trinajstić information content (AvgIpc) is 2.76. The van der Waals surface area contributed by atoms with Gasteiger partial charge in [0.1, 0.15) is 15.7 Å². The van der Waals surface area contributed by atoms with Crippen LogP contribution in [0, 0.1) is 0 Å². The van der Waals surface area contributed by atoms with Crippen LogP contribution in [0.5, 0.6) is 0 Å². The molecular weight excluding hydrogens is 314 g/mol.